The Bertz CT molecular complexity index is 741. The first-order chi connectivity index (χ1) is 11.7. The van der Waals surface area contributed by atoms with Crippen LogP contribution >= 0.6 is 19.4 Å². The largest absolute Gasteiger partial charge is 0.351 e. The third-order valence-electron chi connectivity index (χ3n) is 4.48. The van der Waals surface area contributed by atoms with Crippen LogP contribution < -0.4 is 5.32 Å². The lowest BCUT2D eigenvalue weighted by Gasteiger charge is -2.45. The quantitative estimate of drug-likeness (QED) is 0.591. The molecule has 25 heavy (non-hydrogen) atoms. The first kappa shape index (κ1) is 18.5. The van der Waals surface area contributed by atoms with Crippen LogP contribution in [0.4, 0.5) is 0 Å². The molecule has 3 rings (SSSR count). The highest BCUT2D eigenvalue weighted by molar-refractivity contribution is 8.02. The van der Waals surface area contributed by atoms with Crippen molar-refractivity contribution in [2.45, 2.75) is 42.2 Å². The monoisotopic (exact) mass is 384 g/mol. The topological polar surface area (TPSA) is 95.9 Å². The first-order valence-corrected chi connectivity index (χ1v) is 10.4. The Morgan fingerprint density at radius 1 is 1.40 bits per heavy atom. The standard InChI is InChI=1S/C16H21N2O5PS/c1-16(2)15(24(21,22)23-3)18-13(20)12(14(18)25-16)17-11(19)9-10-7-5-4-6-8-10/h4-8,12,14-15H,9H2,1-3H3,(H,17,19)(H,21,22)/t12?,14-,15?/m0/s1. The fraction of sp³-hybridized carbons (Fsp3) is 0.500. The van der Waals surface area contributed by atoms with Crippen molar-refractivity contribution in [3.8, 4) is 0 Å². The van der Waals surface area contributed by atoms with Crippen LogP contribution in [-0.4, -0.2) is 50.7 Å². The lowest BCUT2D eigenvalue weighted by Crippen LogP contribution is -2.69. The van der Waals surface area contributed by atoms with Gasteiger partial charge in [-0.3, -0.25) is 14.2 Å². The summed E-state index contributed by atoms with van der Waals surface area (Å²) in [5.41, 5.74) is 0.861. The molecule has 3 unspecified atom stereocenters. The fourth-order valence-electron chi connectivity index (χ4n) is 3.37. The first-order valence-electron chi connectivity index (χ1n) is 7.89. The molecular formula is C16H21N2O5PS. The van der Waals surface area contributed by atoms with Gasteiger partial charge in [0.05, 0.1) is 6.42 Å². The highest BCUT2D eigenvalue weighted by Gasteiger charge is 2.66. The van der Waals surface area contributed by atoms with Crippen LogP contribution in [0.1, 0.15) is 19.4 Å². The second-order valence-corrected chi connectivity index (χ2v) is 10.4. The van der Waals surface area contributed by atoms with E-state index in [1.807, 2.05) is 30.3 Å². The van der Waals surface area contributed by atoms with Crippen LogP contribution in [0.15, 0.2) is 30.3 Å². The molecule has 0 aliphatic carbocycles. The van der Waals surface area contributed by atoms with E-state index in [1.165, 1.54) is 16.7 Å². The van der Waals surface area contributed by atoms with Gasteiger partial charge in [-0.25, -0.2) is 0 Å². The SMILES string of the molecule is COP(=O)(O)C1N2C(=O)C(NC(=O)Cc3ccccc3)[C@@H]2SC1(C)C. The van der Waals surface area contributed by atoms with Crippen molar-refractivity contribution >= 4 is 31.2 Å². The summed E-state index contributed by atoms with van der Waals surface area (Å²) in [6.45, 7) is 3.61. The van der Waals surface area contributed by atoms with Crippen molar-refractivity contribution in [2.24, 2.45) is 0 Å². The molecule has 2 aliphatic heterocycles. The van der Waals surface area contributed by atoms with Gasteiger partial charge in [0.25, 0.3) is 0 Å². The van der Waals surface area contributed by atoms with Gasteiger partial charge in [0.1, 0.15) is 17.2 Å². The zero-order valence-corrected chi connectivity index (χ0v) is 15.9. The minimum Gasteiger partial charge on any atom is -0.341 e. The number of carbonyl (C=O) groups excluding carboxylic acids is 2. The van der Waals surface area contributed by atoms with E-state index in [9.17, 15) is 19.0 Å². The van der Waals surface area contributed by atoms with E-state index in [1.54, 1.807) is 13.8 Å². The number of nitrogens with zero attached hydrogens (tertiary/aromatic N) is 1. The van der Waals surface area contributed by atoms with Crippen molar-refractivity contribution in [3.63, 3.8) is 0 Å². The van der Waals surface area contributed by atoms with Crippen LogP contribution in [-0.2, 0) is 25.1 Å². The average molecular weight is 384 g/mol. The summed E-state index contributed by atoms with van der Waals surface area (Å²) in [5.74, 6) is -1.51. The summed E-state index contributed by atoms with van der Waals surface area (Å²) in [7, 11) is -2.80. The lowest BCUT2D eigenvalue weighted by molar-refractivity contribution is -0.149. The molecule has 9 heteroatoms. The van der Waals surface area contributed by atoms with Crippen LogP contribution in [0.2, 0.25) is 0 Å². The number of amides is 2. The number of hydrogen-bond donors (Lipinski definition) is 2. The number of carbonyl (C=O) groups is 2. The van der Waals surface area contributed by atoms with E-state index in [0.717, 1.165) is 12.7 Å². The molecule has 2 amide bonds. The zero-order valence-electron chi connectivity index (χ0n) is 14.2. The van der Waals surface area contributed by atoms with Gasteiger partial charge < -0.3 is 19.6 Å². The van der Waals surface area contributed by atoms with E-state index in [0.29, 0.717) is 0 Å². The zero-order chi connectivity index (χ0) is 18.4. The third kappa shape index (κ3) is 3.24. The molecule has 0 spiro atoms. The number of hydrogen-bond acceptors (Lipinski definition) is 5. The summed E-state index contributed by atoms with van der Waals surface area (Å²) in [5, 5.41) is 2.39. The summed E-state index contributed by atoms with van der Waals surface area (Å²) >= 11 is 1.41. The minimum absolute atomic E-state index is 0.186. The molecule has 4 atom stereocenters. The molecule has 1 aromatic carbocycles. The molecule has 136 valence electrons. The molecule has 0 aromatic heterocycles. The Hall–Kier alpha value is -1.34. The molecule has 1 aromatic rings. The predicted molar refractivity (Wildman–Crippen MR) is 95.0 cm³/mol. The molecule has 2 fully saturated rings. The smallest absolute Gasteiger partial charge is 0.341 e. The van der Waals surface area contributed by atoms with Gasteiger partial charge in [-0.15, -0.1) is 11.8 Å². The highest BCUT2D eigenvalue weighted by Crippen LogP contribution is 2.64. The Morgan fingerprint density at radius 3 is 2.64 bits per heavy atom. The van der Waals surface area contributed by atoms with Crippen LogP contribution in [0.3, 0.4) is 0 Å². The number of thioether (sulfide) groups is 1. The fourth-order valence-corrected chi connectivity index (χ4v) is 7.11. The summed E-state index contributed by atoms with van der Waals surface area (Å²) in [4.78, 5) is 36.2. The average Bonchev–Trinajstić information content (AvgIpc) is 2.82. The van der Waals surface area contributed by atoms with Crippen LogP contribution in [0.5, 0.6) is 0 Å². The number of fused-ring (bicyclic) bond motifs is 1. The summed E-state index contributed by atoms with van der Waals surface area (Å²) in [6.07, 6.45) is 0.186. The van der Waals surface area contributed by atoms with Gasteiger partial charge in [-0.1, -0.05) is 30.3 Å². The van der Waals surface area contributed by atoms with Gasteiger partial charge in [0, 0.05) is 11.9 Å². The second-order valence-electron chi connectivity index (χ2n) is 6.69. The number of β-lactam (4-membered cyclic amide) rings is 1. The molecule has 2 heterocycles. The molecule has 0 bridgehead atoms. The van der Waals surface area contributed by atoms with E-state index in [4.69, 9.17) is 4.52 Å². The second kappa shape index (κ2) is 6.43. The van der Waals surface area contributed by atoms with E-state index in [-0.39, 0.29) is 23.6 Å². The van der Waals surface area contributed by atoms with Gasteiger partial charge in [-0.2, -0.15) is 0 Å². The number of benzene rings is 1. The lowest BCUT2D eigenvalue weighted by atomic mass is 10.0. The summed E-state index contributed by atoms with van der Waals surface area (Å²) in [6, 6.07) is 8.58. The van der Waals surface area contributed by atoms with Crippen LogP contribution in [0.25, 0.3) is 0 Å². The minimum atomic E-state index is -3.97. The van der Waals surface area contributed by atoms with Crippen molar-refractivity contribution in [1.82, 2.24) is 10.2 Å². The van der Waals surface area contributed by atoms with Crippen molar-refractivity contribution in [2.75, 3.05) is 7.11 Å². The molecular weight excluding hydrogens is 363 g/mol. The maximum atomic E-state index is 12.5. The molecule has 2 aliphatic rings. The molecule has 7 nitrogen and oxygen atoms in total. The van der Waals surface area contributed by atoms with Gasteiger partial charge in [-0.05, 0) is 19.4 Å². The predicted octanol–water partition coefficient (Wildman–Crippen LogP) is 1.57. The third-order valence-corrected chi connectivity index (χ3v) is 8.27. The molecule has 0 radical (unpaired) electrons. The van der Waals surface area contributed by atoms with E-state index in [2.05, 4.69) is 5.32 Å². The summed E-state index contributed by atoms with van der Waals surface area (Å²) < 4.78 is 16.5. The van der Waals surface area contributed by atoms with Crippen LogP contribution in [0, 0.1) is 0 Å². The maximum absolute atomic E-state index is 12.5. The Balaban J connectivity index is 1.71. The Morgan fingerprint density at radius 2 is 2.04 bits per heavy atom. The van der Waals surface area contributed by atoms with E-state index >= 15 is 0 Å². The highest BCUT2D eigenvalue weighted by atomic mass is 32.2. The molecule has 2 N–H and O–H groups in total. The Kier molecular flexibility index (Phi) is 4.75. The van der Waals surface area contributed by atoms with Crippen molar-refractivity contribution < 1.29 is 23.6 Å². The maximum Gasteiger partial charge on any atom is 0.351 e. The molecule has 2 saturated heterocycles. The van der Waals surface area contributed by atoms with Gasteiger partial charge in [0.2, 0.25) is 11.8 Å². The van der Waals surface area contributed by atoms with Crippen molar-refractivity contribution in [1.29, 1.82) is 0 Å². The normalized spacial score (nSPS) is 29.5. The van der Waals surface area contributed by atoms with Crippen molar-refractivity contribution in [3.05, 3.63) is 35.9 Å². The van der Waals surface area contributed by atoms with E-state index < -0.39 is 24.2 Å². The van der Waals surface area contributed by atoms with Gasteiger partial charge >= 0.3 is 7.60 Å². The van der Waals surface area contributed by atoms with Gasteiger partial charge in [0.15, 0.2) is 0 Å². The Labute approximate surface area is 150 Å². The number of rotatable bonds is 5. The molecule has 0 saturated carbocycles. The number of nitrogens with one attached hydrogen (secondary N) is 1.